The molecule has 3 rings (SSSR count). The van der Waals surface area contributed by atoms with Gasteiger partial charge in [0.2, 0.25) is 5.90 Å². The zero-order chi connectivity index (χ0) is 9.38. The quantitative estimate of drug-likeness (QED) is 0.707. The van der Waals surface area contributed by atoms with Crippen LogP contribution in [0.25, 0.3) is 0 Å². The van der Waals surface area contributed by atoms with E-state index in [4.69, 9.17) is 4.74 Å². The number of benzene rings is 1. The van der Waals surface area contributed by atoms with Gasteiger partial charge in [-0.1, -0.05) is 18.2 Å². The van der Waals surface area contributed by atoms with Gasteiger partial charge >= 0.3 is 0 Å². The van der Waals surface area contributed by atoms with Crippen LogP contribution in [0, 0.1) is 0 Å². The van der Waals surface area contributed by atoms with Gasteiger partial charge in [-0.3, -0.25) is 0 Å². The summed E-state index contributed by atoms with van der Waals surface area (Å²) in [6, 6.07) is 10.4. The highest BCUT2D eigenvalue weighted by Crippen LogP contribution is 2.20. The third kappa shape index (κ3) is 1.21. The maximum atomic E-state index is 5.76. The molecule has 0 bridgehead atoms. The zero-order valence-corrected chi connectivity index (χ0v) is 7.81. The molecule has 1 N–H and O–H groups in total. The normalized spacial score (nSPS) is 29.6. The molecule has 0 aliphatic carbocycles. The van der Waals surface area contributed by atoms with Gasteiger partial charge in [-0.05, 0) is 12.1 Å². The Labute approximate surface area is 82.8 Å². The summed E-state index contributed by atoms with van der Waals surface area (Å²) in [6.07, 6.45) is 0.255. The van der Waals surface area contributed by atoms with Crippen LogP contribution in [0.15, 0.2) is 35.3 Å². The zero-order valence-electron chi connectivity index (χ0n) is 7.81. The van der Waals surface area contributed by atoms with Gasteiger partial charge in [-0.2, -0.15) is 0 Å². The van der Waals surface area contributed by atoms with Crippen LogP contribution in [-0.4, -0.2) is 31.1 Å². The van der Waals surface area contributed by atoms with Crippen LogP contribution in [0.2, 0.25) is 0 Å². The number of aliphatic imine (C=N–C) groups is 1. The lowest BCUT2D eigenvalue weighted by Gasteiger charge is -2.07. The minimum absolute atomic E-state index is 0.255. The predicted molar refractivity (Wildman–Crippen MR) is 54.5 cm³/mol. The standard InChI is InChI=1S/C11H12N2O/c1-2-4-8(5-3-1)11-13-9-6-12-7-10(9)14-11/h1-5,9-10,12H,6-7H2/t9-,10+/m0/s1. The molecular formula is C11H12N2O. The van der Waals surface area contributed by atoms with E-state index in [1.54, 1.807) is 0 Å². The summed E-state index contributed by atoms with van der Waals surface area (Å²) < 4.78 is 5.76. The molecule has 0 radical (unpaired) electrons. The van der Waals surface area contributed by atoms with Crippen molar-refractivity contribution >= 4 is 5.90 Å². The first-order valence-corrected chi connectivity index (χ1v) is 4.94. The summed E-state index contributed by atoms with van der Waals surface area (Å²) >= 11 is 0. The molecule has 3 heteroatoms. The van der Waals surface area contributed by atoms with Crippen LogP contribution in [0.3, 0.4) is 0 Å². The fourth-order valence-electron chi connectivity index (χ4n) is 1.94. The molecule has 0 amide bonds. The fourth-order valence-corrected chi connectivity index (χ4v) is 1.94. The van der Waals surface area contributed by atoms with E-state index in [1.807, 2.05) is 30.3 Å². The minimum atomic E-state index is 0.255. The van der Waals surface area contributed by atoms with Crippen molar-refractivity contribution in [1.82, 2.24) is 5.32 Å². The smallest absolute Gasteiger partial charge is 0.216 e. The van der Waals surface area contributed by atoms with Gasteiger partial charge in [0, 0.05) is 18.7 Å². The van der Waals surface area contributed by atoms with Gasteiger partial charge in [-0.15, -0.1) is 0 Å². The molecule has 1 fully saturated rings. The Kier molecular flexibility index (Phi) is 1.77. The molecule has 1 aromatic carbocycles. The lowest BCUT2D eigenvalue weighted by Crippen LogP contribution is -2.20. The Bertz CT molecular complexity index is 361. The molecule has 2 heterocycles. The molecule has 2 atom stereocenters. The average molecular weight is 188 g/mol. The van der Waals surface area contributed by atoms with E-state index in [0.29, 0.717) is 6.04 Å². The van der Waals surface area contributed by atoms with E-state index >= 15 is 0 Å². The molecule has 3 nitrogen and oxygen atoms in total. The second-order valence-corrected chi connectivity index (χ2v) is 3.68. The van der Waals surface area contributed by atoms with Gasteiger partial charge in [0.1, 0.15) is 12.1 Å². The van der Waals surface area contributed by atoms with Crippen LogP contribution in [-0.2, 0) is 4.74 Å². The molecule has 1 aromatic rings. The van der Waals surface area contributed by atoms with Crippen LogP contribution < -0.4 is 5.32 Å². The van der Waals surface area contributed by atoms with Crippen LogP contribution >= 0.6 is 0 Å². The van der Waals surface area contributed by atoms with E-state index < -0.39 is 0 Å². The number of hydrogen-bond donors (Lipinski definition) is 1. The number of rotatable bonds is 1. The summed E-state index contributed by atoms with van der Waals surface area (Å²) in [6.45, 7) is 1.87. The first kappa shape index (κ1) is 8.00. The number of ether oxygens (including phenoxy) is 1. The number of hydrogen-bond acceptors (Lipinski definition) is 3. The van der Waals surface area contributed by atoms with E-state index in [0.717, 1.165) is 24.6 Å². The highest BCUT2D eigenvalue weighted by atomic mass is 16.5. The van der Waals surface area contributed by atoms with Crippen molar-refractivity contribution in [1.29, 1.82) is 0 Å². The Morgan fingerprint density at radius 1 is 1.21 bits per heavy atom. The minimum Gasteiger partial charge on any atom is -0.470 e. The second-order valence-electron chi connectivity index (χ2n) is 3.68. The van der Waals surface area contributed by atoms with E-state index in [1.165, 1.54) is 0 Å². The van der Waals surface area contributed by atoms with Crippen molar-refractivity contribution in [3.63, 3.8) is 0 Å². The molecule has 14 heavy (non-hydrogen) atoms. The van der Waals surface area contributed by atoms with E-state index in [2.05, 4.69) is 10.3 Å². The van der Waals surface area contributed by atoms with Crippen molar-refractivity contribution in [3.05, 3.63) is 35.9 Å². The topological polar surface area (TPSA) is 33.6 Å². The summed E-state index contributed by atoms with van der Waals surface area (Å²) in [5.41, 5.74) is 1.09. The average Bonchev–Trinajstić information content (AvgIpc) is 2.78. The summed E-state index contributed by atoms with van der Waals surface area (Å²) in [5.74, 6) is 0.808. The molecule has 0 aromatic heterocycles. The van der Waals surface area contributed by atoms with Gasteiger partial charge in [0.25, 0.3) is 0 Å². The summed E-state index contributed by atoms with van der Waals surface area (Å²) in [5, 5.41) is 3.26. The first-order valence-electron chi connectivity index (χ1n) is 4.94. The van der Waals surface area contributed by atoms with Crippen LogP contribution in [0.5, 0.6) is 0 Å². The third-order valence-electron chi connectivity index (χ3n) is 2.69. The van der Waals surface area contributed by atoms with Gasteiger partial charge in [0.15, 0.2) is 0 Å². The van der Waals surface area contributed by atoms with Crippen LogP contribution in [0.1, 0.15) is 5.56 Å². The fraction of sp³-hybridized carbons (Fsp3) is 0.364. The van der Waals surface area contributed by atoms with Gasteiger partial charge in [-0.25, -0.2) is 4.99 Å². The third-order valence-corrected chi connectivity index (χ3v) is 2.69. The highest BCUT2D eigenvalue weighted by molar-refractivity contribution is 5.95. The molecule has 1 saturated heterocycles. The largest absolute Gasteiger partial charge is 0.470 e. The summed E-state index contributed by atoms with van der Waals surface area (Å²) in [4.78, 5) is 4.55. The number of nitrogens with zero attached hydrogens (tertiary/aromatic N) is 1. The first-order chi connectivity index (χ1) is 6.93. The van der Waals surface area contributed by atoms with Crippen molar-refractivity contribution in [2.24, 2.45) is 4.99 Å². The molecule has 2 aliphatic heterocycles. The Hall–Kier alpha value is -1.35. The maximum Gasteiger partial charge on any atom is 0.216 e. The van der Waals surface area contributed by atoms with Crippen LogP contribution in [0.4, 0.5) is 0 Å². The highest BCUT2D eigenvalue weighted by Gasteiger charge is 2.35. The maximum absolute atomic E-state index is 5.76. The molecule has 0 saturated carbocycles. The Morgan fingerprint density at radius 3 is 2.86 bits per heavy atom. The SMILES string of the molecule is c1ccc(C2=N[C@H]3CNC[C@H]3O2)cc1. The van der Waals surface area contributed by atoms with Crippen molar-refractivity contribution in [2.75, 3.05) is 13.1 Å². The van der Waals surface area contributed by atoms with Crippen molar-refractivity contribution in [2.45, 2.75) is 12.1 Å². The van der Waals surface area contributed by atoms with Gasteiger partial charge in [0.05, 0.1) is 0 Å². The van der Waals surface area contributed by atoms with E-state index in [-0.39, 0.29) is 6.10 Å². The summed E-state index contributed by atoms with van der Waals surface area (Å²) in [7, 11) is 0. The second kappa shape index (κ2) is 3.10. The van der Waals surface area contributed by atoms with Gasteiger partial charge < -0.3 is 10.1 Å². The van der Waals surface area contributed by atoms with Crippen molar-refractivity contribution < 1.29 is 4.74 Å². The number of fused-ring (bicyclic) bond motifs is 1. The lowest BCUT2D eigenvalue weighted by molar-refractivity contribution is 0.225. The molecule has 2 aliphatic rings. The molecule has 0 spiro atoms. The lowest BCUT2D eigenvalue weighted by atomic mass is 10.2. The number of nitrogens with one attached hydrogen (secondary N) is 1. The molecular weight excluding hydrogens is 176 g/mol. The Morgan fingerprint density at radius 2 is 2.07 bits per heavy atom. The van der Waals surface area contributed by atoms with E-state index in [9.17, 15) is 0 Å². The molecule has 72 valence electrons. The van der Waals surface area contributed by atoms with Crippen molar-refractivity contribution in [3.8, 4) is 0 Å². The molecule has 0 unspecified atom stereocenters. The Balaban J connectivity index is 1.88. The predicted octanol–water partition coefficient (Wildman–Crippen LogP) is 0.804. The monoisotopic (exact) mass is 188 g/mol.